The average Bonchev–Trinajstić information content (AvgIpc) is 2.27. The van der Waals surface area contributed by atoms with E-state index < -0.39 is 0 Å². The van der Waals surface area contributed by atoms with Gasteiger partial charge in [0.2, 0.25) is 0 Å². The second-order valence-electron chi connectivity index (χ2n) is 3.10. The van der Waals surface area contributed by atoms with Crippen LogP contribution in [0.25, 0.3) is 0 Å². The van der Waals surface area contributed by atoms with Crippen molar-refractivity contribution in [2.45, 2.75) is 20.1 Å². The molecule has 1 rings (SSSR count). The van der Waals surface area contributed by atoms with Gasteiger partial charge in [-0.3, -0.25) is 9.88 Å². The van der Waals surface area contributed by atoms with Crippen molar-refractivity contribution >= 4 is 0 Å². The van der Waals surface area contributed by atoms with Crippen LogP contribution in [0.5, 0.6) is 0 Å². The fourth-order valence-corrected chi connectivity index (χ4v) is 1.57. The van der Waals surface area contributed by atoms with E-state index in [1.165, 1.54) is 0 Å². The molecule has 14 heavy (non-hydrogen) atoms. The third-order valence-electron chi connectivity index (χ3n) is 2.34. The topological polar surface area (TPSA) is 25.4 Å². The minimum atomic E-state index is 0.0266. The molecule has 0 radical (unpaired) electrons. The molecule has 1 atom stereocenters. The molecular weight excluding hydrogens is 176 g/mol. The lowest BCUT2D eigenvalue weighted by molar-refractivity contribution is -0.0296. The van der Waals surface area contributed by atoms with Crippen LogP contribution in [0.1, 0.15) is 25.6 Å². The van der Waals surface area contributed by atoms with Crippen LogP contribution in [-0.4, -0.2) is 30.1 Å². The van der Waals surface area contributed by atoms with Crippen molar-refractivity contribution in [3.8, 4) is 0 Å². The van der Waals surface area contributed by atoms with Gasteiger partial charge in [-0.25, -0.2) is 0 Å². The number of rotatable bonds is 5. The predicted octanol–water partition coefficient (Wildman–Crippen LogP) is 2.07. The van der Waals surface area contributed by atoms with E-state index in [-0.39, 0.29) is 6.23 Å². The van der Waals surface area contributed by atoms with Crippen LogP contribution in [0, 0.1) is 0 Å². The molecule has 0 aliphatic carbocycles. The Morgan fingerprint density at radius 1 is 1.43 bits per heavy atom. The van der Waals surface area contributed by atoms with Gasteiger partial charge in [0.05, 0.1) is 0 Å². The van der Waals surface area contributed by atoms with Crippen LogP contribution >= 0.6 is 0 Å². The van der Waals surface area contributed by atoms with Gasteiger partial charge in [0, 0.05) is 25.1 Å². The maximum absolute atomic E-state index is 5.47. The van der Waals surface area contributed by atoms with Gasteiger partial charge in [0.25, 0.3) is 0 Å². The van der Waals surface area contributed by atoms with Gasteiger partial charge in [0.15, 0.2) is 0 Å². The highest BCUT2D eigenvalue weighted by Gasteiger charge is 2.16. The molecule has 0 bridgehead atoms. The third kappa shape index (κ3) is 2.53. The SMILES string of the molecule is CCN(CC)C(OC)c1cccnc1. The number of aromatic nitrogens is 1. The summed E-state index contributed by atoms with van der Waals surface area (Å²) in [7, 11) is 1.73. The van der Waals surface area contributed by atoms with E-state index in [9.17, 15) is 0 Å². The number of nitrogens with zero attached hydrogens (tertiary/aromatic N) is 2. The molecule has 1 aromatic rings. The van der Waals surface area contributed by atoms with E-state index in [0.717, 1.165) is 18.7 Å². The Hall–Kier alpha value is -0.930. The normalized spacial score (nSPS) is 13.1. The molecule has 1 unspecified atom stereocenters. The van der Waals surface area contributed by atoms with Crippen LogP contribution in [0.4, 0.5) is 0 Å². The van der Waals surface area contributed by atoms with Crippen LogP contribution in [0.15, 0.2) is 24.5 Å². The summed E-state index contributed by atoms with van der Waals surface area (Å²) in [6.07, 6.45) is 3.66. The standard InChI is InChI=1S/C11H18N2O/c1-4-13(5-2)11(14-3)10-7-6-8-12-9-10/h6-9,11H,4-5H2,1-3H3. The first-order valence-electron chi connectivity index (χ1n) is 5.00. The van der Waals surface area contributed by atoms with E-state index in [4.69, 9.17) is 4.74 Å². The Balaban J connectivity index is 2.81. The van der Waals surface area contributed by atoms with Gasteiger partial charge in [-0.05, 0) is 19.2 Å². The molecule has 0 amide bonds. The molecule has 0 fully saturated rings. The molecule has 3 heteroatoms. The fourth-order valence-electron chi connectivity index (χ4n) is 1.57. The molecule has 0 aromatic carbocycles. The molecular formula is C11H18N2O. The van der Waals surface area contributed by atoms with Crippen LogP contribution < -0.4 is 0 Å². The van der Waals surface area contributed by atoms with Gasteiger partial charge in [-0.15, -0.1) is 0 Å². The maximum atomic E-state index is 5.47. The fraction of sp³-hybridized carbons (Fsp3) is 0.545. The van der Waals surface area contributed by atoms with Crippen molar-refractivity contribution < 1.29 is 4.74 Å². The van der Waals surface area contributed by atoms with Crippen molar-refractivity contribution in [2.75, 3.05) is 20.2 Å². The van der Waals surface area contributed by atoms with Crippen molar-refractivity contribution in [2.24, 2.45) is 0 Å². The number of hydrogen-bond acceptors (Lipinski definition) is 3. The molecule has 0 aliphatic rings. The first-order chi connectivity index (χ1) is 6.83. The minimum absolute atomic E-state index is 0.0266. The van der Waals surface area contributed by atoms with Crippen LogP contribution in [0.3, 0.4) is 0 Å². The van der Waals surface area contributed by atoms with Crippen LogP contribution in [0.2, 0.25) is 0 Å². The third-order valence-corrected chi connectivity index (χ3v) is 2.34. The summed E-state index contributed by atoms with van der Waals surface area (Å²) in [5, 5.41) is 0. The van der Waals surface area contributed by atoms with E-state index >= 15 is 0 Å². The minimum Gasteiger partial charge on any atom is -0.362 e. The Bertz CT molecular complexity index is 247. The van der Waals surface area contributed by atoms with Crippen LogP contribution in [-0.2, 0) is 4.74 Å². The maximum Gasteiger partial charge on any atom is 0.137 e. The molecule has 0 spiro atoms. The lowest BCUT2D eigenvalue weighted by Crippen LogP contribution is -2.29. The Morgan fingerprint density at radius 3 is 2.57 bits per heavy atom. The zero-order valence-corrected chi connectivity index (χ0v) is 9.10. The summed E-state index contributed by atoms with van der Waals surface area (Å²) in [6.45, 7) is 6.21. The first-order valence-corrected chi connectivity index (χ1v) is 5.00. The summed E-state index contributed by atoms with van der Waals surface area (Å²) in [4.78, 5) is 6.34. The molecule has 1 heterocycles. The summed E-state index contributed by atoms with van der Waals surface area (Å²) >= 11 is 0. The smallest absolute Gasteiger partial charge is 0.137 e. The second-order valence-corrected chi connectivity index (χ2v) is 3.10. The van der Waals surface area contributed by atoms with Crippen molar-refractivity contribution in [1.82, 2.24) is 9.88 Å². The number of pyridine rings is 1. The molecule has 3 nitrogen and oxygen atoms in total. The molecule has 0 aliphatic heterocycles. The average molecular weight is 194 g/mol. The molecule has 1 aromatic heterocycles. The number of hydrogen-bond donors (Lipinski definition) is 0. The summed E-state index contributed by atoms with van der Waals surface area (Å²) in [5.74, 6) is 0. The molecule has 78 valence electrons. The highest BCUT2D eigenvalue weighted by atomic mass is 16.5. The zero-order valence-electron chi connectivity index (χ0n) is 9.10. The Labute approximate surface area is 85.7 Å². The summed E-state index contributed by atoms with van der Waals surface area (Å²) in [5.41, 5.74) is 1.11. The molecule has 0 N–H and O–H groups in total. The molecule has 0 saturated carbocycles. The van der Waals surface area contributed by atoms with Gasteiger partial charge in [0.1, 0.15) is 6.23 Å². The number of methoxy groups -OCH3 is 1. The van der Waals surface area contributed by atoms with Gasteiger partial charge < -0.3 is 4.74 Å². The monoisotopic (exact) mass is 194 g/mol. The van der Waals surface area contributed by atoms with Gasteiger partial charge in [-0.2, -0.15) is 0 Å². The van der Waals surface area contributed by atoms with Gasteiger partial charge in [-0.1, -0.05) is 19.9 Å². The lowest BCUT2D eigenvalue weighted by atomic mass is 10.2. The Morgan fingerprint density at radius 2 is 2.14 bits per heavy atom. The lowest BCUT2D eigenvalue weighted by Gasteiger charge is -2.28. The number of ether oxygens (including phenoxy) is 1. The van der Waals surface area contributed by atoms with Crippen molar-refractivity contribution in [1.29, 1.82) is 0 Å². The second kappa shape index (κ2) is 5.73. The quantitative estimate of drug-likeness (QED) is 0.671. The van der Waals surface area contributed by atoms with Gasteiger partial charge >= 0.3 is 0 Å². The largest absolute Gasteiger partial charge is 0.362 e. The first kappa shape index (κ1) is 11.1. The Kier molecular flexibility index (Phi) is 4.56. The highest BCUT2D eigenvalue weighted by Crippen LogP contribution is 2.19. The molecule has 0 saturated heterocycles. The van der Waals surface area contributed by atoms with E-state index in [1.54, 1.807) is 13.3 Å². The van der Waals surface area contributed by atoms with E-state index in [2.05, 4.69) is 23.7 Å². The predicted molar refractivity (Wildman–Crippen MR) is 56.9 cm³/mol. The van der Waals surface area contributed by atoms with E-state index in [0.29, 0.717) is 0 Å². The summed E-state index contributed by atoms with van der Waals surface area (Å²) < 4.78 is 5.47. The zero-order chi connectivity index (χ0) is 10.4. The summed E-state index contributed by atoms with van der Waals surface area (Å²) in [6, 6.07) is 3.98. The van der Waals surface area contributed by atoms with Crippen molar-refractivity contribution in [3.05, 3.63) is 30.1 Å². The van der Waals surface area contributed by atoms with E-state index in [1.807, 2.05) is 18.3 Å². The highest BCUT2D eigenvalue weighted by molar-refractivity contribution is 5.11. The van der Waals surface area contributed by atoms with Crippen molar-refractivity contribution in [3.63, 3.8) is 0 Å².